The molecule has 1 heterocycles. The van der Waals surface area contributed by atoms with Crippen molar-refractivity contribution in [1.29, 1.82) is 0 Å². The van der Waals surface area contributed by atoms with Gasteiger partial charge in [-0.2, -0.15) is 0 Å². The summed E-state index contributed by atoms with van der Waals surface area (Å²) < 4.78 is 10.8. The lowest BCUT2D eigenvalue weighted by Gasteiger charge is -2.18. The summed E-state index contributed by atoms with van der Waals surface area (Å²) in [5.41, 5.74) is 10.7. The number of rotatable bonds is 3. The molecule has 0 saturated heterocycles. The van der Waals surface area contributed by atoms with Crippen LogP contribution in [-0.4, -0.2) is 24.7 Å². The van der Waals surface area contributed by atoms with Gasteiger partial charge in [-0.1, -0.05) is 42.5 Å². The van der Waals surface area contributed by atoms with Crippen LogP contribution in [-0.2, 0) is 6.54 Å². The number of fused-ring (bicyclic) bond motifs is 1. The Morgan fingerprint density at radius 1 is 1.04 bits per heavy atom. The number of guanidine groups is 1. The third-order valence-electron chi connectivity index (χ3n) is 5.01. The molecule has 27 heavy (non-hydrogen) atoms. The second kappa shape index (κ2) is 6.06. The van der Waals surface area contributed by atoms with Crippen LogP contribution in [0.1, 0.15) is 16.7 Å². The van der Waals surface area contributed by atoms with Crippen molar-refractivity contribution in [2.45, 2.75) is 6.54 Å². The van der Waals surface area contributed by atoms with Gasteiger partial charge in [0.05, 0.1) is 5.69 Å². The second-order valence-electron chi connectivity index (χ2n) is 6.79. The molecule has 0 atom stereocenters. The molecule has 1 aliphatic heterocycles. The van der Waals surface area contributed by atoms with E-state index in [-0.39, 0.29) is 6.79 Å². The molecule has 0 radical (unpaired) electrons. The van der Waals surface area contributed by atoms with Crippen LogP contribution in [0.5, 0.6) is 11.5 Å². The third kappa shape index (κ3) is 2.68. The van der Waals surface area contributed by atoms with Crippen LogP contribution in [0.4, 0.5) is 5.69 Å². The summed E-state index contributed by atoms with van der Waals surface area (Å²) >= 11 is 0. The molecule has 3 aromatic rings. The Morgan fingerprint density at radius 3 is 2.74 bits per heavy atom. The fourth-order valence-corrected chi connectivity index (χ4v) is 3.61. The van der Waals surface area contributed by atoms with Crippen molar-refractivity contribution in [2.75, 3.05) is 13.8 Å². The molecule has 0 aromatic heterocycles. The van der Waals surface area contributed by atoms with Crippen LogP contribution in [0, 0.1) is 0 Å². The summed E-state index contributed by atoms with van der Waals surface area (Å²) in [5.74, 6) is 2.03. The predicted molar refractivity (Wildman–Crippen MR) is 108 cm³/mol. The van der Waals surface area contributed by atoms with E-state index >= 15 is 0 Å². The molecule has 3 aromatic carbocycles. The summed E-state index contributed by atoms with van der Waals surface area (Å²) in [6, 6.07) is 16.3. The van der Waals surface area contributed by atoms with E-state index in [4.69, 9.17) is 20.2 Å². The van der Waals surface area contributed by atoms with Crippen LogP contribution in [0.2, 0.25) is 0 Å². The minimum Gasteiger partial charge on any atom is -0.454 e. The first kappa shape index (κ1) is 15.8. The van der Waals surface area contributed by atoms with Gasteiger partial charge in [-0.15, -0.1) is 0 Å². The number of benzene rings is 3. The molecule has 5 nitrogen and oxygen atoms in total. The van der Waals surface area contributed by atoms with E-state index < -0.39 is 0 Å². The second-order valence-corrected chi connectivity index (χ2v) is 6.79. The molecular weight excluding hydrogens is 338 g/mol. The Morgan fingerprint density at radius 2 is 1.85 bits per heavy atom. The Kier molecular flexibility index (Phi) is 3.53. The highest BCUT2D eigenvalue weighted by Gasteiger charge is 2.15. The fourth-order valence-electron chi connectivity index (χ4n) is 3.61. The van der Waals surface area contributed by atoms with E-state index in [1.807, 2.05) is 36.2 Å². The average Bonchev–Trinajstić information content (AvgIpc) is 3.31. The summed E-state index contributed by atoms with van der Waals surface area (Å²) in [4.78, 5) is 6.63. The Balaban J connectivity index is 1.43. The molecule has 0 spiro atoms. The molecule has 2 aliphatic rings. The smallest absolute Gasteiger partial charge is 0.231 e. The monoisotopic (exact) mass is 357 g/mol. The number of nitrogens with zero attached hydrogens (tertiary/aromatic N) is 2. The topological polar surface area (TPSA) is 60.1 Å². The van der Waals surface area contributed by atoms with Crippen LogP contribution in [0.15, 0.2) is 53.5 Å². The lowest BCUT2D eigenvalue weighted by atomic mass is 10.0. The maximum Gasteiger partial charge on any atom is 0.231 e. The SMILES string of the molecule is CN(Cc1ccc2c(c1)OCO2)C(N)=Nc1ccc2c3c(cccc13)C=C2. The molecule has 0 unspecified atom stereocenters. The minimum atomic E-state index is 0.276. The van der Waals surface area contributed by atoms with Gasteiger partial charge in [0.15, 0.2) is 17.5 Å². The lowest BCUT2D eigenvalue weighted by Crippen LogP contribution is -2.33. The zero-order chi connectivity index (χ0) is 18.4. The first-order valence-corrected chi connectivity index (χ1v) is 8.87. The Bertz CT molecular complexity index is 1110. The number of hydrogen-bond acceptors (Lipinski definition) is 3. The van der Waals surface area contributed by atoms with Gasteiger partial charge in [0, 0.05) is 19.0 Å². The maximum absolute atomic E-state index is 6.30. The van der Waals surface area contributed by atoms with Crippen molar-refractivity contribution >= 4 is 34.6 Å². The summed E-state index contributed by atoms with van der Waals surface area (Å²) in [7, 11) is 1.94. The van der Waals surface area contributed by atoms with Gasteiger partial charge in [0.1, 0.15) is 0 Å². The highest BCUT2D eigenvalue weighted by molar-refractivity contribution is 6.09. The van der Waals surface area contributed by atoms with E-state index in [2.05, 4.69) is 36.4 Å². The molecule has 1 aliphatic carbocycles. The number of ether oxygens (including phenoxy) is 2. The van der Waals surface area contributed by atoms with E-state index in [0.29, 0.717) is 12.5 Å². The van der Waals surface area contributed by atoms with Crippen LogP contribution in [0.25, 0.3) is 22.9 Å². The minimum absolute atomic E-state index is 0.276. The highest BCUT2D eigenvalue weighted by Crippen LogP contribution is 2.36. The number of nitrogens with two attached hydrogens (primary N) is 1. The zero-order valence-corrected chi connectivity index (χ0v) is 15.0. The van der Waals surface area contributed by atoms with Crippen molar-refractivity contribution in [3.8, 4) is 11.5 Å². The maximum atomic E-state index is 6.30. The molecule has 0 fully saturated rings. The van der Waals surface area contributed by atoms with Crippen LogP contribution < -0.4 is 15.2 Å². The van der Waals surface area contributed by atoms with Crippen molar-refractivity contribution in [3.63, 3.8) is 0 Å². The van der Waals surface area contributed by atoms with E-state index in [9.17, 15) is 0 Å². The van der Waals surface area contributed by atoms with E-state index in [0.717, 1.165) is 28.1 Å². The van der Waals surface area contributed by atoms with Gasteiger partial charge in [-0.25, -0.2) is 4.99 Å². The molecule has 5 rings (SSSR count). The standard InChI is InChI=1S/C22H19N3O2/c1-25(12-14-5-10-19-20(11-14)27-13-26-19)22(23)24-18-9-8-16-7-6-15-3-2-4-17(18)21(15)16/h2-11H,12-13H2,1H3,(H2,23,24). The van der Waals surface area contributed by atoms with Crippen LogP contribution >= 0.6 is 0 Å². The van der Waals surface area contributed by atoms with Gasteiger partial charge in [0.25, 0.3) is 0 Å². The van der Waals surface area contributed by atoms with Crippen molar-refractivity contribution in [3.05, 3.63) is 65.2 Å². The molecule has 134 valence electrons. The largest absolute Gasteiger partial charge is 0.454 e. The van der Waals surface area contributed by atoms with Crippen LogP contribution in [0.3, 0.4) is 0 Å². The Labute approximate surface area is 157 Å². The summed E-state index contributed by atoms with van der Waals surface area (Å²) in [6.45, 7) is 0.910. The normalized spacial score (nSPS) is 14.2. The number of hydrogen-bond donors (Lipinski definition) is 1. The molecule has 0 saturated carbocycles. The van der Waals surface area contributed by atoms with E-state index in [1.54, 1.807) is 0 Å². The Hall–Kier alpha value is -3.47. The predicted octanol–water partition coefficient (Wildman–Crippen LogP) is 4.13. The molecule has 5 heteroatoms. The van der Waals surface area contributed by atoms with Crippen molar-refractivity contribution in [2.24, 2.45) is 10.7 Å². The lowest BCUT2D eigenvalue weighted by molar-refractivity contribution is 0.174. The first-order valence-electron chi connectivity index (χ1n) is 8.87. The molecule has 0 bridgehead atoms. The van der Waals surface area contributed by atoms with Gasteiger partial charge in [-0.05, 0) is 40.3 Å². The fraction of sp³-hybridized carbons (Fsp3) is 0.136. The average molecular weight is 357 g/mol. The molecular formula is C22H19N3O2. The van der Waals surface area contributed by atoms with E-state index in [1.165, 1.54) is 16.5 Å². The van der Waals surface area contributed by atoms with Gasteiger partial charge in [0.2, 0.25) is 6.79 Å². The summed E-state index contributed by atoms with van der Waals surface area (Å²) in [6.07, 6.45) is 4.28. The van der Waals surface area contributed by atoms with Gasteiger partial charge < -0.3 is 20.1 Å². The number of aliphatic imine (C=N–C) groups is 1. The highest BCUT2D eigenvalue weighted by atomic mass is 16.7. The first-order chi connectivity index (χ1) is 13.2. The van der Waals surface area contributed by atoms with Crippen molar-refractivity contribution < 1.29 is 9.47 Å². The van der Waals surface area contributed by atoms with Gasteiger partial charge in [-0.3, -0.25) is 0 Å². The molecule has 0 amide bonds. The zero-order valence-electron chi connectivity index (χ0n) is 15.0. The third-order valence-corrected chi connectivity index (χ3v) is 5.01. The quantitative estimate of drug-likeness (QED) is 0.442. The van der Waals surface area contributed by atoms with Gasteiger partial charge >= 0.3 is 0 Å². The summed E-state index contributed by atoms with van der Waals surface area (Å²) in [5, 5.41) is 2.36. The molecule has 2 N–H and O–H groups in total. The van der Waals surface area contributed by atoms with Crippen molar-refractivity contribution in [1.82, 2.24) is 4.90 Å².